The van der Waals surface area contributed by atoms with Gasteiger partial charge in [-0.3, -0.25) is 10.1 Å². The summed E-state index contributed by atoms with van der Waals surface area (Å²) in [6.07, 6.45) is 1.70. The first-order valence-corrected chi connectivity index (χ1v) is 9.33. The first kappa shape index (κ1) is 21.2. The molecule has 2 aromatic rings. The topological polar surface area (TPSA) is 71.9 Å². The van der Waals surface area contributed by atoms with Crippen molar-refractivity contribution in [1.29, 1.82) is 0 Å². The minimum atomic E-state index is -0.513. The lowest BCUT2D eigenvalue weighted by molar-refractivity contribution is -0.916. The van der Waals surface area contributed by atoms with E-state index in [1.807, 2.05) is 61.6 Å². The van der Waals surface area contributed by atoms with Crippen LogP contribution >= 0.6 is 0 Å². The Morgan fingerprint density at radius 3 is 2.43 bits per heavy atom. The Kier molecular flexibility index (Phi) is 8.24. The fourth-order valence-electron chi connectivity index (χ4n) is 2.98. The summed E-state index contributed by atoms with van der Waals surface area (Å²) in [6, 6.07) is 16.2. The smallest absolute Gasteiger partial charge is 0.321 e. The van der Waals surface area contributed by atoms with Crippen LogP contribution in [0.4, 0.5) is 4.79 Å². The number of imide groups is 1. The van der Waals surface area contributed by atoms with E-state index in [4.69, 9.17) is 4.74 Å². The number of quaternary nitrogens is 1. The molecule has 0 aliphatic heterocycles. The van der Waals surface area contributed by atoms with Crippen molar-refractivity contribution < 1.29 is 19.2 Å². The maximum atomic E-state index is 12.8. The quantitative estimate of drug-likeness (QED) is 0.580. The molecule has 0 fully saturated rings. The number of hydrogen-bond donors (Lipinski definition) is 3. The molecule has 0 aromatic heterocycles. The molecular formula is C22H28N3O3+. The summed E-state index contributed by atoms with van der Waals surface area (Å²) in [4.78, 5) is 25.6. The first-order chi connectivity index (χ1) is 13.5. The molecule has 0 radical (unpaired) electrons. The van der Waals surface area contributed by atoms with Gasteiger partial charge in [-0.15, -0.1) is 0 Å². The van der Waals surface area contributed by atoms with Crippen LogP contribution in [0.2, 0.25) is 0 Å². The summed E-state index contributed by atoms with van der Waals surface area (Å²) in [7, 11) is 1.94. The van der Waals surface area contributed by atoms with Crippen molar-refractivity contribution in [2.75, 3.05) is 20.2 Å². The van der Waals surface area contributed by atoms with Gasteiger partial charge in [0.05, 0.1) is 7.05 Å². The maximum Gasteiger partial charge on any atom is 0.321 e. The number of nitrogens with one attached hydrogen (secondary N) is 3. The van der Waals surface area contributed by atoms with E-state index in [9.17, 15) is 9.59 Å². The standard InChI is InChI=1S/C22H27N3O3/c1-4-15-28-19-13-11-17(12-14-19)16-25(3)20(18-9-7-6-8-10-18)21(26)24-22(27)23-5-2/h4,6-14,20H,1,5,15-16H2,2-3H3,(H2,23,24,26,27)/p+1/t20-/m0/s1. The number of rotatable bonds is 9. The lowest BCUT2D eigenvalue weighted by Crippen LogP contribution is -3.09. The second kappa shape index (κ2) is 10.9. The highest BCUT2D eigenvalue weighted by Crippen LogP contribution is 2.13. The zero-order valence-electron chi connectivity index (χ0n) is 16.4. The molecule has 28 heavy (non-hydrogen) atoms. The van der Waals surface area contributed by atoms with Crippen molar-refractivity contribution in [3.8, 4) is 5.75 Å². The van der Waals surface area contributed by atoms with Gasteiger partial charge in [0.2, 0.25) is 0 Å². The molecule has 0 aliphatic carbocycles. The molecule has 148 valence electrons. The number of carbonyl (C=O) groups excluding carboxylic acids is 2. The zero-order chi connectivity index (χ0) is 20.4. The van der Waals surface area contributed by atoms with Crippen molar-refractivity contribution in [3.63, 3.8) is 0 Å². The summed E-state index contributed by atoms with van der Waals surface area (Å²) in [5.74, 6) is 0.440. The van der Waals surface area contributed by atoms with Gasteiger partial charge in [-0.1, -0.05) is 43.0 Å². The van der Waals surface area contributed by atoms with Gasteiger partial charge in [-0.25, -0.2) is 4.79 Å². The Bertz CT molecular complexity index is 775. The average molecular weight is 382 g/mol. The van der Waals surface area contributed by atoms with Gasteiger partial charge in [0.25, 0.3) is 5.91 Å². The van der Waals surface area contributed by atoms with Gasteiger partial charge < -0.3 is 15.0 Å². The van der Waals surface area contributed by atoms with E-state index < -0.39 is 12.1 Å². The molecule has 6 nitrogen and oxygen atoms in total. The van der Waals surface area contributed by atoms with Crippen molar-refractivity contribution in [2.45, 2.75) is 19.5 Å². The summed E-state index contributed by atoms with van der Waals surface area (Å²) in [5, 5.41) is 5.03. The van der Waals surface area contributed by atoms with E-state index in [1.165, 1.54) is 0 Å². The van der Waals surface area contributed by atoms with Crippen LogP contribution < -0.4 is 20.3 Å². The zero-order valence-corrected chi connectivity index (χ0v) is 16.4. The molecule has 0 spiro atoms. The maximum absolute atomic E-state index is 12.8. The number of hydrogen-bond acceptors (Lipinski definition) is 3. The molecule has 0 saturated heterocycles. The minimum Gasteiger partial charge on any atom is -0.490 e. The molecule has 0 heterocycles. The van der Waals surface area contributed by atoms with Crippen LogP contribution in [-0.4, -0.2) is 32.1 Å². The van der Waals surface area contributed by atoms with Crippen molar-refractivity contribution in [1.82, 2.24) is 10.6 Å². The second-order valence-corrected chi connectivity index (χ2v) is 6.46. The van der Waals surface area contributed by atoms with Crippen LogP contribution in [0, 0.1) is 0 Å². The Hall–Kier alpha value is -3.12. The summed E-state index contributed by atoms with van der Waals surface area (Å²) in [5.41, 5.74) is 1.92. The highest BCUT2D eigenvalue weighted by atomic mass is 16.5. The van der Waals surface area contributed by atoms with Gasteiger partial charge in [0.1, 0.15) is 18.9 Å². The summed E-state index contributed by atoms with van der Waals surface area (Å²) < 4.78 is 5.50. The lowest BCUT2D eigenvalue weighted by Gasteiger charge is -2.24. The van der Waals surface area contributed by atoms with Gasteiger partial charge in [0, 0.05) is 17.7 Å². The predicted octanol–water partition coefficient (Wildman–Crippen LogP) is 1.85. The number of amides is 3. The fraction of sp³-hybridized carbons (Fsp3) is 0.273. The van der Waals surface area contributed by atoms with Crippen LogP contribution in [0.1, 0.15) is 24.1 Å². The third-order valence-electron chi connectivity index (χ3n) is 4.24. The molecule has 2 atom stereocenters. The Morgan fingerprint density at radius 1 is 1.14 bits per heavy atom. The Morgan fingerprint density at radius 2 is 1.82 bits per heavy atom. The number of ether oxygens (including phenoxy) is 1. The molecule has 3 N–H and O–H groups in total. The van der Waals surface area contributed by atoms with Gasteiger partial charge in [-0.2, -0.15) is 0 Å². The largest absolute Gasteiger partial charge is 0.490 e. The van der Waals surface area contributed by atoms with E-state index in [1.54, 1.807) is 13.0 Å². The van der Waals surface area contributed by atoms with Crippen LogP contribution in [0.5, 0.6) is 5.75 Å². The summed E-state index contributed by atoms with van der Waals surface area (Å²) >= 11 is 0. The molecule has 6 heteroatoms. The van der Waals surface area contributed by atoms with E-state index in [0.29, 0.717) is 19.7 Å². The van der Waals surface area contributed by atoms with Crippen molar-refractivity contribution >= 4 is 11.9 Å². The highest BCUT2D eigenvalue weighted by Gasteiger charge is 2.30. The molecule has 2 rings (SSSR count). The van der Waals surface area contributed by atoms with E-state index >= 15 is 0 Å². The molecule has 0 aliphatic rings. The predicted molar refractivity (Wildman–Crippen MR) is 109 cm³/mol. The fourth-order valence-corrected chi connectivity index (χ4v) is 2.98. The first-order valence-electron chi connectivity index (χ1n) is 9.33. The van der Waals surface area contributed by atoms with Crippen LogP contribution in [0.3, 0.4) is 0 Å². The number of carbonyl (C=O) groups is 2. The minimum absolute atomic E-state index is 0.333. The van der Waals surface area contributed by atoms with E-state index in [-0.39, 0.29) is 5.91 Å². The lowest BCUT2D eigenvalue weighted by atomic mass is 10.0. The number of likely N-dealkylation sites (N-methyl/N-ethyl adjacent to an activating group) is 1. The number of benzene rings is 2. The van der Waals surface area contributed by atoms with Gasteiger partial charge in [0.15, 0.2) is 6.04 Å². The molecule has 0 bridgehead atoms. The van der Waals surface area contributed by atoms with Crippen LogP contribution in [-0.2, 0) is 11.3 Å². The van der Waals surface area contributed by atoms with Crippen LogP contribution in [0.25, 0.3) is 0 Å². The third-order valence-corrected chi connectivity index (χ3v) is 4.24. The van der Waals surface area contributed by atoms with Gasteiger partial charge >= 0.3 is 6.03 Å². The molecule has 1 unspecified atom stereocenters. The average Bonchev–Trinajstić information content (AvgIpc) is 2.68. The molecule has 2 aromatic carbocycles. The number of urea groups is 1. The monoisotopic (exact) mass is 382 g/mol. The normalized spacial score (nSPS) is 12.5. The second-order valence-electron chi connectivity index (χ2n) is 6.46. The summed E-state index contributed by atoms with van der Waals surface area (Å²) in [6.45, 7) is 6.97. The molecule has 3 amide bonds. The molecular weight excluding hydrogens is 354 g/mol. The van der Waals surface area contributed by atoms with Crippen molar-refractivity contribution in [2.24, 2.45) is 0 Å². The van der Waals surface area contributed by atoms with Crippen molar-refractivity contribution in [3.05, 3.63) is 78.4 Å². The SMILES string of the molecule is C=CCOc1ccc(C[NH+](C)[C@H](C(=O)NC(=O)NCC)c2ccccc2)cc1. The Balaban J connectivity index is 2.14. The molecule has 0 saturated carbocycles. The van der Waals surface area contributed by atoms with E-state index in [2.05, 4.69) is 17.2 Å². The highest BCUT2D eigenvalue weighted by molar-refractivity contribution is 5.96. The third kappa shape index (κ3) is 6.25. The van der Waals surface area contributed by atoms with E-state index in [0.717, 1.165) is 21.8 Å². The Labute approximate surface area is 166 Å². The van der Waals surface area contributed by atoms with Gasteiger partial charge in [-0.05, 0) is 31.2 Å². The van der Waals surface area contributed by atoms with Crippen LogP contribution in [0.15, 0.2) is 67.3 Å².